The summed E-state index contributed by atoms with van der Waals surface area (Å²) < 4.78 is 5.58. The Balaban J connectivity index is 1.49. The monoisotopic (exact) mass is 454 g/mol. The number of ether oxygens (including phenoxy) is 1. The maximum Gasteiger partial charge on any atom is 0.251 e. The van der Waals surface area contributed by atoms with Gasteiger partial charge in [-0.15, -0.1) is 0 Å². The number of nitrogens with zero attached hydrogens (tertiary/aromatic N) is 1. The highest BCUT2D eigenvalue weighted by atomic mass is 16.5. The molecule has 1 saturated heterocycles. The van der Waals surface area contributed by atoms with Crippen molar-refractivity contribution in [1.29, 1.82) is 0 Å². The number of rotatable bonds is 9. The van der Waals surface area contributed by atoms with E-state index in [1.54, 1.807) is 11.0 Å². The first-order valence-electron chi connectivity index (χ1n) is 11.7. The fraction of sp³-hybridized carbons (Fsp3) is 0.241. The molecule has 2 amide bonds. The van der Waals surface area contributed by atoms with Crippen molar-refractivity contribution in [2.24, 2.45) is 0 Å². The van der Waals surface area contributed by atoms with Gasteiger partial charge in [0.15, 0.2) is 0 Å². The quantitative estimate of drug-likeness (QED) is 0.474. The molecule has 174 valence electrons. The van der Waals surface area contributed by atoms with E-state index in [2.05, 4.69) is 5.32 Å². The Bertz CT molecular complexity index is 1110. The normalized spacial score (nSPS) is 15.4. The first kappa shape index (κ1) is 23.5. The molecular formula is C29H30N2O3. The summed E-state index contributed by atoms with van der Waals surface area (Å²) in [6.07, 6.45) is 5.83. The van der Waals surface area contributed by atoms with Gasteiger partial charge in [0, 0.05) is 24.9 Å². The molecule has 1 fully saturated rings. The summed E-state index contributed by atoms with van der Waals surface area (Å²) in [5.41, 5.74) is 3.62. The molecule has 4 rings (SSSR count). The van der Waals surface area contributed by atoms with Crippen LogP contribution in [0.3, 0.4) is 0 Å². The summed E-state index contributed by atoms with van der Waals surface area (Å²) in [5.74, 6) is -0.162. The van der Waals surface area contributed by atoms with Gasteiger partial charge in [0.2, 0.25) is 5.91 Å². The first-order chi connectivity index (χ1) is 16.7. The van der Waals surface area contributed by atoms with E-state index < -0.39 is 0 Å². The fourth-order valence-corrected chi connectivity index (χ4v) is 4.00. The highest BCUT2D eigenvalue weighted by molar-refractivity contribution is 6.03. The van der Waals surface area contributed by atoms with Crippen LogP contribution in [0.15, 0.2) is 91.0 Å². The molecular weight excluding hydrogens is 424 g/mol. The molecule has 0 unspecified atom stereocenters. The van der Waals surface area contributed by atoms with Crippen LogP contribution in [0.25, 0.3) is 6.08 Å². The summed E-state index contributed by atoms with van der Waals surface area (Å²) in [5, 5.41) is 2.97. The van der Waals surface area contributed by atoms with Gasteiger partial charge in [-0.05, 0) is 47.7 Å². The average molecular weight is 455 g/mol. The van der Waals surface area contributed by atoms with Gasteiger partial charge in [0.1, 0.15) is 0 Å². The molecule has 0 aliphatic carbocycles. The molecule has 0 saturated carbocycles. The molecule has 1 heterocycles. The lowest BCUT2D eigenvalue weighted by Gasteiger charge is -2.22. The Labute approximate surface area is 201 Å². The second-order valence-corrected chi connectivity index (χ2v) is 8.44. The van der Waals surface area contributed by atoms with E-state index in [0.717, 1.165) is 41.8 Å². The summed E-state index contributed by atoms with van der Waals surface area (Å²) in [7, 11) is 0. The maximum atomic E-state index is 13.3. The van der Waals surface area contributed by atoms with Gasteiger partial charge < -0.3 is 15.0 Å². The number of anilines is 1. The molecule has 5 nitrogen and oxygen atoms in total. The van der Waals surface area contributed by atoms with Crippen LogP contribution in [0.2, 0.25) is 0 Å². The van der Waals surface area contributed by atoms with Gasteiger partial charge in [-0.1, -0.05) is 72.8 Å². The highest BCUT2D eigenvalue weighted by Gasteiger charge is 2.17. The fourth-order valence-electron chi connectivity index (χ4n) is 4.00. The number of carbonyl (C=O) groups is 2. The zero-order chi connectivity index (χ0) is 23.6. The minimum absolute atomic E-state index is 0.0439. The number of hydrogen-bond donors (Lipinski definition) is 1. The van der Waals surface area contributed by atoms with Crippen LogP contribution in [0, 0.1) is 0 Å². The van der Waals surface area contributed by atoms with E-state index in [-0.39, 0.29) is 24.3 Å². The average Bonchev–Trinajstić information content (AvgIpc) is 3.40. The number of carbonyl (C=O) groups excluding carboxylic acids is 2. The largest absolute Gasteiger partial charge is 0.376 e. The molecule has 0 spiro atoms. The van der Waals surface area contributed by atoms with E-state index in [1.807, 2.05) is 91.0 Å². The molecule has 5 heteroatoms. The molecule has 1 atom stereocenters. The van der Waals surface area contributed by atoms with E-state index in [1.165, 1.54) is 0 Å². The second-order valence-electron chi connectivity index (χ2n) is 8.44. The lowest BCUT2D eigenvalue weighted by Crippen LogP contribution is -2.33. The van der Waals surface area contributed by atoms with Crippen LogP contribution < -0.4 is 10.2 Å². The van der Waals surface area contributed by atoms with Crippen molar-refractivity contribution in [1.82, 2.24) is 5.32 Å². The van der Waals surface area contributed by atoms with Crippen molar-refractivity contribution in [2.45, 2.75) is 31.9 Å². The van der Waals surface area contributed by atoms with Crippen molar-refractivity contribution in [3.8, 4) is 0 Å². The van der Waals surface area contributed by atoms with Gasteiger partial charge in [0.25, 0.3) is 5.91 Å². The molecule has 0 radical (unpaired) electrons. The molecule has 3 aromatic rings. The van der Waals surface area contributed by atoms with Crippen LogP contribution in [0.1, 0.15) is 29.5 Å². The minimum atomic E-state index is -0.118. The third-order valence-corrected chi connectivity index (χ3v) is 5.81. The standard InChI is InChI=1S/C29H30N2O3/c32-28(30-21-27-15-8-18-34-27)20-25-13-7-14-26(19-25)31(22-24-11-5-2-6-12-24)29(33)17-16-23-9-3-1-4-10-23/h1-7,9-14,16-17,19,27H,8,15,18,20-22H2,(H,30,32)/b17-16+/t27-/m0/s1. The lowest BCUT2D eigenvalue weighted by atomic mass is 10.1. The van der Waals surface area contributed by atoms with Crippen molar-refractivity contribution < 1.29 is 14.3 Å². The zero-order valence-electron chi connectivity index (χ0n) is 19.2. The van der Waals surface area contributed by atoms with Crippen LogP contribution in [0.5, 0.6) is 0 Å². The molecule has 3 aromatic carbocycles. The van der Waals surface area contributed by atoms with Gasteiger partial charge in [-0.2, -0.15) is 0 Å². The van der Waals surface area contributed by atoms with Crippen molar-refractivity contribution in [2.75, 3.05) is 18.1 Å². The molecule has 1 N–H and O–H groups in total. The van der Waals surface area contributed by atoms with Crippen molar-refractivity contribution >= 4 is 23.6 Å². The second kappa shape index (κ2) is 12.0. The van der Waals surface area contributed by atoms with E-state index in [9.17, 15) is 9.59 Å². The van der Waals surface area contributed by atoms with Crippen molar-refractivity contribution in [3.63, 3.8) is 0 Å². The Hall–Kier alpha value is -3.70. The number of amides is 2. The highest BCUT2D eigenvalue weighted by Crippen LogP contribution is 2.21. The predicted molar refractivity (Wildman–Crippen MR) is 135 cm³/mol. The third kappa shape index (κ3) is 6.90. The predicted octanol–water partition coefficient (Wildman–Crippen LogP) is 4.77. The number of benzene rings is 3. The van der Waals surface area contributed by atoms with E-state index >= 15 is 0 Å². The topological polar surface area (TPSA) is 58.6 Å². The van der Waals surface area contributed by atoms with Crippen LogP contribution in [-0.4, -0.2) is 31.1 Å². The van der Waals surface area contributed by atoms with Crippen LogP contribution in [0.4, 0.5) is 5.69 Å². The molecule has 0 aromatic heterocycles. The molecule has 1 aliphatic heterocycles. The minimum Gasteiger partial charge on any atom is -0.376 e. The molecule has 0 bridgehead atoms. The van der Waals surface area contributed by atoms with Gasteiger partial charge in [0.05, 0.1) is 19.1 Å². The summed E-state index contributed by atoms with van der Waals surface area (Å²) in [6, 6.07) is 27.3. The Morgan fingerprint density at radius 1 is 0.941 bits per heavy atom. The number of hydrogen-bond acceptors (Lipinski definition) is 3. The number of nitrogens with one attached hydrogen (secondary N) is 1. The van der Waals surface area contributed by atoms with E-state index in [0.29, 0.717) is 13.1 Å². The van der Waals surface area contributed by atoms with Gasteiger partial charge in [-0.3, -0.25) is 9.59 Å². The Kier molecular flexibility index (Phi) is 8.25. The zero-order valence-corrected chi connectivity index (χ0v) is 19.2. The molecule has 34 heavy (non-hydrogen) atoms. The summed E-state index contributed by atoms with van der Waals surface area (Å²) in [6.45, 7) is 1.75. The smallest absolute Gasteiger partial charge is 0.251 e. The van der Waals surface area contributed by atoms with Crippen molar-refractivity contribution in [3.05, 3.63) is 108 Å². The first-order valence-corrected chi connectivity index (χ1v) is 11.7. The van der Waals surface area contributed by atoms with Gasteiger partial charge >= 0.3 is 0 Å². The van der Waals surface area contributed by atoms with Gasteiger partial charge in [-0.25, -0.2) is 0 Å². The lowest BCUT2D eigenvalue weighted by molar-refractivity contribution is -0.121. The maximum absolute atomic E-state index is 13.3. The van der Waals surface area contributed by atoms with Crippen LogP contribution in [-0.2, 0) is 27.3 Å². The van der Waals surface area contributed by atoms with E-state index in [4.69, 9.17) is 4.74 Å². The van der Waals surface area contributed by atoms with Crippen LogP contribution >= 0.6 is 0 Å². The summed E-state index contributed by atoms with van der Waals surface area (Å²) in [4.78, 5) is 27.5. The summed E-state index contributed by atoms with van der Waals surface area (Å²) >= 11 is 0. The Morgan fingerprint density at radius 3 is 2.41 bits per heavy atom. The Morgan fingerprint density at radius 2 is 1.68 bits per heavy atom. The molecule has 1 aliphatic rings. The third-order valence-electron chi connectivity index (χ3n) is 5.81. The SMILES string of the molecule is O=C(Cc1cccc(N(Cc2ccccc2)C(=O)/C=C/c2ccccc2)c1)NC[C@@H]1CCCO1.